The maximum atomic E-state index is 10.6. The number of hydrogen-bond donors (Lipinski definition) is 2. The number of aliphatic carboxylic acids is 1. The first-order chi connectivity index (χ1) is 10.7. The van der Waals surface area contributed by atoms with Gasteiger partial charge in [-0.25, -0.2) is 9.68 Å². The summed E-state index contributed by atoms with van der Waals surface area (Å²) in [5.41, 5.74) is 0. The minimum atomic E-state index is -1.11. The highest BCUT2D eigenvalue weighted by Gasteiger charge is 2.16. The average Bonchev–Trinajstić information content (AvgIpc) is 2.51. The normalized spacial score (nSPS) is 13.5. The van der Waals surface area contributed by atoms with Crippen LogP contribution in [0.3, 0.4) is 0 Å². The highest BCUT2D eigenvalue weighted by Crippen LogP contribution is 2.09. The van der Waals surface area contributed by atoms with Gasteiger partial charge in [0.2, 0.25) is 0 Å². The minimum Gasteiger partial charge on any atom is -0.479 e. The molecule has 0 aromatic rings. The Kier molecular flexibility index (Phi) is 15.0. The molecule has 1 atom stereocenters. The molecular weight excluding hydrogens is 280 g/mol. The third kappa shape index (κ3) is 13.6. The first kappa shape index (κ1) is 20.6. The standard InChI is InChI=1S/C18H30O4/c1-2-3-4-5-6-7-8-9-10-11-12-13-14-15-16-17(22-21)18(19)20/h3-4,6-7,9-10,17,21H,2,5,8,11-16H2,1H3,(H,19,20). The highest BCUT2D eigenvalue weighted by atomic mass is 17.1. The monoisotopic (exact) mass is 310 g/mol. The van der Waals surface area contributed by atoms with Gasteiger partial charge in [-0.05, 0) is 38.5 Å². The fourth-order valence-corrected chi connectivity index (χ4v) is 1.99. The van der Waals surface area contributed by atoms with Gasteiger partial charge >= 0.3 is 5.97 Å². The molecule has 4 nitrogen and oxygen atoms in total. The van der Waals surface area contributed by atoms with Crippen LogP contribution in [0, 0.1) is 0 Å². The van der Waals surface area contributed by atoms with E-state index >= 15 is 0 Å². The molecule has 0 radical (unpaired) electrons. The Morgan fingerprint density at radius 2 is 1.55 bits per heavy atom. The van der Waals surface area contributed by atoms with Gasteiger partial charge in [-0.15, -0.1) is 0 Å². The lowest BCUT2D eigenvalue weighted by atomic mass is 10.1. The first-order valence-corrected chi connectivity index (χ1v) is 8.20. The van der Waals surface area contributed by atoms with E-state index in [0.29, 0.717) is 6.42 Å². The van der Waals surface area contributed by atoms with Crippen molar-refractivity contribution >= 4 is 5.97 Å². The number of rotatable bonds is 14. The summed E-state index contributed by atoms with van der Waals surface area (Å²) in [7, 11) is 0. The van der Waals surface area contributed by atoms with Crippen LogP contribution in [-0.2, 0) is 9.68 Å². The molecule has 0 spiro atoms. The van der Waals surface area contributed by atoms with Crippen molar-refractivity contribution in [3.63, 3.8) is 0 Å². The Morgan fingerprint density at radius 1 is 0.955 bits per heavy atom. The average molecular weight is 310 g/mol. The van der Waals surface area contributed by atoms with Crippen molar-refractivity contribution in [1.29, 1.82) is 0 Å². The maximum absolute atomic E-state index is 10.6. The van der Waals surface area contributed by atoms with E-state index in [-0.39, 0.29) is 0 Å². The zero-order valence-corrected chi connectivity index (χ0v) is 13.6. The molecule has 0 amide bonds. The zero-order chi connectivity index (χ0) is 16.5. The number of carboxylic acids is 1. The Labute approximate surface area is 134 Å². The molecule has 0 aliphatic carbocycles. The third-order valence-electron chi connectivity index (χ3n) is 3.27. The van der Waals surface area contributed by atoms with Gasteiger partial charge < -0.3 is 5.11 Å². The van der Waals surface area contributed by atoms with Crippen molar-refractivity contribution in [2.45, 2.75) is 70.8 Å². The highest BCUT2D eigenvalue weighted by molar-refractivity contribution is 5.72. The Balaban J connectivity index is 3.40. The molecular formula is C18H30O4. The van der Waals surface area contributed by atoms with Gasteiger partial charge in [-0.1, -0.05) is 62.6 Å². The van der Waals surface area contributed by atoms with E-state index in [2.05, 4.69) is 48.3 Å². The topological polar surface area (TPSA) is 66.8 Å². The Hall–Kier alpha value is -1.39. The lowest BCUT2D eigenvalue weighted by molar-refractivity contribution is -0.277. The van der Waals surface area contributed by atoms with Crippen LogP contribution < -0.4 is 0 Å². The van der Waals surface area contributed by atoms with Crippen LogP contribution in [0.25, 0.3) is 0 Å². The maximum Gasteiger partial charge on any atom is 0.336 e. The molecule has 0 fully saturated rings. The largest absolute Gasteiger partial charge is 0.479 e. The smallest absolute Gasteiger partial charge is 0.336 e. The minimum absolute atomic E-state index is 0.360. The van der Waals surface area contributed by atoms with Crippen LogP contribution in [0.15, 0.2) is 36.5 Å². The van der Waals surface area contributed by atoms with Gasteiger partial charge in [-0.2, -0.15) is 0 Å². The SMILES string of the molecule is CCC=CCC=CCC=CCCCCCCC(OO)C(=O)O. The molecule has 1 unspecified atom stereocenters. The molecule has 4 heteroatoms. The van der Waals surface area contributed by atoms with Gasteiger partial charge in [0.25, 0.3) is 0 Å². The van der Waals surface area contributed by atoms with Crippen LogP contribution in [0.4, 0.5) is 0 Å². The molecule has 0 aromatic carbocycles. The molecule has 0 aromatic heterocycles. The Bertz CT molecular complexity index is 345. The molecule has 0 saturated heterocycles. The van der Waals surface area contributed by atoms with Crippen LogP contribution in [0.5, 0.6) is 0 Å². The van der Waals surface area contributed by atoms with E-state index < -0.39 is 12.1 Å². The van der Waals surface area contributed by atoms with Gasteiger partial charge in [0.15, 0.2) is 6.10 Å². The summed E-state index contributed by atoms with van der Waals surface area (Å²) in [4.78, 5) is 14.5. The Morgan fingerprint density at radius 3 is 2.14 bits per heavy atom. The summed E-state index contributed by atoms with van der Waals surface area (Å²) in [6, 6.07) is 0. The number of carboxylic acid groups (broad SMARTS) is 1. The van der Waals surface area contributed by atoms with Crippen LogP contribution >= 0.6 is 0 Å². The van der Waals surface area contributed by atoms with E-state index in [0.717, 1.165) is 51.4 Å². The van der Waals surface area contributed by atoms with Crippen molar-refractivity contribution in [2.24, 2.45) is 0 Å². The van der Waals surface area contributed by atoms with Gasteiger partial charge in [-0.3, -0.25) is 5.26 Å². The van der Waals surface area contributed by atoms with Crippen LogP contribution in [-0.4, -0.2) is 22.4 Å². The number of unbranched alkanes of at least 4 members (excludes halogenated alkanes) is 4. The predicted octanol–water partition coefficient (Wildman–Crippen LogP) is 5.13. The quantitative estimate of drug-likeness (QED) is 0.202. The number of carbonyl (C=O) groups is 1. The molecule has 22 heavy (non-hydrogen) atoms. The molecule has 0 aliphatic heterocycles. The van der Waals surface area contributed by atoms with Crippen molar-refractivity contribution in [3.8, 4) is 0 Å². The van der Waals surface area contributed by atoms with Gasteiger partial charge in [0, 0.05) is 0 Å². The van der Waals surface area contributed by atoms with Crippen molar-refractivity contribution in [3.05, 3.63) is 36.5 Å². The summed E-state index contributed by atoms with van der Waals surface area (Å²) < 4.78 is 0. The van der Waals surface area contributed by atoms with Crippen LogP contribution in [0.1, 0.15) is 64.7 Å². The van der Waals surface area contributed by atoms with Gasteiger partial charge in [0.05, 0.1) is 0 Å². The second-order valence-corrected chi connectivity index (χ2v) is 5.22. The molecule has 0 saturated carbocycles. The molecule has 0 heterocycles. The fourth-order valence-electron chi connectivity index (χ4n) is 1.99. The van der Waals surface area contributed by atoms with E-state index in [1.165, 1.54) is 0 Å². The zero-order valence-electron chi connectivity index (χ0n) is 13.6. The van der Waals surface area contributed by atoms with E-state index in [1.807, 2.05) is 0 Å². The number of allylic oxidation sites excluding steroid dienone is 6. The van der Waals surface area contributed by atoms with Crippen molar-refractivity contribution in [1.82, 2.24) is 0 Å². The molecule has 2 N–H and O–H groups in total. The van der Waals surface area contributed by atoms with E-state index in [1.54, 1.807) is 0 Å². The molecule has 0 rings (SSSR count). The second kappa shape index (κ2) is 16.0. The molecule has 126 valence electrons. The predicted molar refractivity (Wildman–Crippen MR) is 89.8 cm³/mol. The van der Waals surface area contributed by atoms with Crippen LogP contribution in [0.2, 0.25) is 0 Å². The number of hydrogen-bond acceptors (Lipinski definition) is 3. The summed E-state index contributed by atoms with van der Waals surface area (Å²) >= 11 is 0. The summed E-state index contributed by atoms with van der Waals surface area (Å²) in [6.07, 6.45) is 20.4. The first-order valence-electron chi connectivity index (χ1n) is 8.20. The summed E-state index contributed by atoms with van der Waals surface area (Å²) in [5, 5.41) is 17.1. The molecule has 0 aliphatic rings. The fraction of sp³-hybridized carbons (Fsp3) is 0.611. The summed E-state index contributed by atoms with van der Waals surface area (Å²) in [6.45, 7) is 2.13. The van der Waals surface area contributed by atoms with Gasteiger partial charge in [0.1, 0.15) is 0 Å². The lowest BCUT2D eigenvalue weighted by Gasteiger charge is -2.07. The van der Waals surface area contributed by atoms with E-state index in [4.69, 9.17) is 10.4 Å². The molecule has 0 bridgehead atoms. The lowest BCUT2D eigenvalue weighted by Crippen LogP contribution is -2.22. The summed E-state index contributed by atoms with van der Waals surface area (Å²) in [5.74, 6) is -1.11. The van der Waals surface area contributed by atoms with Crippen molar-refractivity contribution < 1.29 is 20.0 Å². The van der Waals surface area contributed by atoms with E-state index in [9.17, 15) is 4.79 Å². The van der Waals surface area contributed by atoms with Crippen molar-refractivity contribution in [2.75, 3.05) is 0 Å². The third-order valence-corrected chi connectivity index (χ3v) is 3.27. The second-order valence-electron chi connectivity index (χ2n) is 5.22.